The summed E-state index contributed by atoms with van der Waals surface area (Å²) in [5, 5.41) is 8.75. The van der Waals surface area contributed by atoms with Gasteiger partial charge in [-0.3, -0.25) is 14.6 Å². The summed E-state index contributed by atoms with van der Waals surface area (Å²) in [5.41, 5.74) is 6.37. The molecule has 122 valence electrons. The molecule has 0 aromatic carbocycles. The molecule has 1 aromatic rings. The Kier molecular flexibility index (Phi) is 5.18. The Labute approximate surface area is 131 Å². The fraction of sp³-hybridized carbons (Fsp3) is 0.600. The third kappa shape index (κ3) is 4.04. The Morgan fingerprint density at radius 1 is 1.45 bits per heavy atom. The molecule has 22 heavy (non-hydrogen) atoms. The summed E-state index contributed by atoms with van der Waals surface area (Å²) in [6, 6.07) is 4.77. The van der Waals surface area contributed by atoms with Crippen molar-refractivity contribution in [3.63, 3.8) is 0 Å². The van der Waals surface area contributed by atoms with Crippen LogP contribution >= 0.6 is 0 Å². The highest BCUT2D eigenvalue weighted by atomic mass is 32.2. The number of pyridine rings is 1. The SMILES string of the molecule is N=[S@@](=O)(CC[C@H](N)C(=O)O)CCC1(c2ccccn2)CCC1. The smallest absolute Gasteiger partial charge is 0.320 e. The summed E-state index contributed by atoms with van der Waals surface area (Å²) in [4.78, 5) is 15.1. The van der Waals surface area contributed by atoms with E-state index in [4.69, 9.17) is 15.6 Å². The van der Waals surface area contributed by atoms with Crippen LogP contribution in [0.2, 0.25) is 0 Å². The second kappa shape index (κ2) is 6.75. The maximum absolute atomic E-state index is 12.3. The van der Waals surface area contributed by atoms with Gasteiger partial charge in [0.1, 0.15) is 6.04 Å². The highest BCUT2D eigenvalue weighted by Crippen LogP contribution is 2.45. The molecule has 0 bridgehead atoms. The lowest BCUT2D eigenvalue weighted by atomic mass is 9.65. The molecule has 0 aliphatic heterocycles. The third-order valence-corrected chi connectivity index (χ3v) is 6.26. The number of carboxylic acid groups (broad SMARTS) is 1. The first kappa shape index (κ1) is 16.9. The van der Waals surface area contributed by atoms with Gasteiger partial charge in [-0.05, 0) is 37.8 Å². The van der Waals surface area contributed by atoms with Crippen LogP contribution in [-0.4, -0.2) is 37.8 Å². The van der Waals surface area contributed by atoms with Crippen LogP contribution < -0.4 is 5.73 Å². The molecule has 2 rings (SSSR count). The molecule has 2 atom stereocenters. The second-order valence-corrected chi connectivity index (χ2v) is 8.49. The Balaban J connectivity index is 1.94. The van der Waals surface area contributed by atoms with Gasteiger partial charge in [0.25, 0.3) is 0 Å². The minimum atomic E-state index is -2.80. The zero-order chi connectivity index (χ0) is 16.2. The Morgan fingerprint density at radius 3 is 2.68 bits per heavy atom. The van der Waals surface area contributed by atoms with Gasteiger partial charge >= 0.3 is 5.97 Å². The topological polar surface area (TPSA) is 117 Å². The molecule has 6 nitrogen and oxygen atoms in total. The number of nitrogens with zero attached hydrogens (tertiary/aromatic N) is 1. The lowest BCUT2D eigenvalue weighted by molar-refractivity contribution is -0.138. The molecule has 1 aromatic heterocycles. The molecule has 1 aliphatic carbocycles. The molecule has 0 spiro atoms. The highest BCUT2D eigenvalue weighted by molar-refractivity contribution is 7.92. The normalized spacial score (nSPS) is 20.6. The van der Waals surface area contributed by atoms with E-state index < -0.39 is 21.7 Å². The molecular formula is C15H23N3O3S. The zero-order valence-electron chi connectivity index (χ0n) is 12.5. The molecule has 0 saturated heterocycles. The fourth-order valence-corrected chi connectivity index (χ4v) is 4.38. The number of nitrogens with two attached hydrogens (primary N) is 1. The van der Waals surface area contributed by atoms with Crippen LogP contribution in [0.15, 0.2) is 24.4 Å². The minimum Gasteiger partial charge on any atom is -0.480 e. The van der Waals surface area contributed by atoms with Crippen molar-refractivity contribution < 1.29 is 14.1 Å². The lowest BCUT2D eigenvalue weighted by Crippen LogP contribution is -2.37. The van der Waals surface area contributed by atoms with E-state index in [1.54, 1.807) is 6.20 Å². The first-order valence-corrected chi connectivity index (χ1v) is 9.38. The van der Waals surface area contributed by atoms with Gasteiger partial charge in [-0.15, -0.1) is 0 Å². The molecule has 0 amide bonds. The molecular weight excluding hydrogens is 302 g/mol. The van der Waals surface area contributed by atoms with Crippen LogP contribution in [0.3, 0.4) is 0 Å². The van der Waals surface area contributed by atoms with Crippen LogP contribution in [0, 0.1) is 4.78 Å². The van der Waals surface area contributed by atoms with Gasteiger partial charge in [-0.2, -0.15) is 0 Å². The van der Waals surface area contributed by atoms with Crippen LogP contribution in [0.1, 0.15) is 37.8 Å². The van der Waals surface area contributed by atoms with Gasteiger partial charge in [0.15, 0.2) is 0 Å². The standard InChI is InChI=1S/C15H23N3O3S/c16-12(14(19)20)5-10-22(17,21)11-8-15(6-3-7-15)13-4-1-2-9-18-13/h1-2,4,9,12,17H,3,5-8,10-11,16H2,(H,19,20)/t12-,22+/m0/s1. The van der Waals surface area contributed by atoms with E-state index in [1.165, 1.54) is 0 Å². The first-order valence-electron chi connectivity index (χ1n) is 7.49. The molecule has 7 heteroatoms. The average molecular weight is 325 g/mol. The van der Waals surface area contributed by atoms with Crippen molar-refractivity contribution in [1.82, 2.24) is 4.98 Å². The van der Waals surface area contributed by atoms with E-state index in [0.29, 0.717) is 6.42 Å². The molecule has 1 aliphatic rings. The number of carbonyl (C=O) groups is 1. The predicted octanol–water partition coefficient (Wildman–Crippen LogP) is 1.74. The number of carboxylic acids is 1. The van der Waals surface area contributed by atoms with E-state index in [9.17, 15) is 9.00 Å². The largest absolute Gasteiger partial charge is 0.480 e. The minimum absolute atomic E-state index is 0.0404. The maximum atomic E-state index is 12.3. The summed E-state index contributed by atoms with van der Waals surface area (Å²) in [5.74, 6) is -0.798. The third-order valence-electron chi connectivity index (χ3n) is 4.51. The Morgan fingerprint density at radius 2 is 2.18 bits per heavy atom. The number of hydrogen-bond donors (Lipinski definition) is 3. The van der Waals surface area contributed by atoms with Crippen molar-refractivity contribution >= 4 is 15.7 Å². The summed E-state index contributed by atoms with van der Waals surface area (Å²) < 4.78 is 20.3. The van der Waals surface area contributed by atoms with Gasteiger partial charge in [0.05, 0.1) is 0 Å². The average Bonchev–Trinajstić information content (AvgIpc) is 2.44. The number of hydrogen-bond acceptors (Lipinski definition) is 5. The monoisotopic (exact) mass is 325 g/mol. The Bertz CT molecular complexity index is 612. The number of nitrogens with one attached hydrogen (secondary N) is 1. The van der Waals surface area contributed by atoms with Crippen LogP contribution in [0.5, 0.6) is 0 Å². The van der Waals surface area contributed by atoms with Crippen LogP contribution in [-0.2, 0) is 19.9 Å². The van der Waals surface area contributed by atoms with Crippen molar-refractivity contribution in [2.24, 2.45) is 5.73 Å². The fourth-order valence-electron chi connectivity index (χ4n) is 2.82. The molecule has 1 heterocycles. The molecule has 0 radical (unpaired) electrons. The first-order chi connectivity index (χ1) is 10.3. The summed E-state index contributed by atoms with van der Waals surface area (Å²) in [6.45, 7) is 0. The van der Waals surface area contributed by atoms with Crippen molar-refractivity contribution in [2.45, 2.75) is 43.6 Å². The van der Waals surface area contributed by atoms with E-state index in [-0.39, 0.29) is 23.3 Å². The number of aromatic nitrogens is 1. The van der Waals surface area contributed by atoms with Crippen LogP contribution in [0.25, 0.3) is 0 Å². The summed E-state index contributed by atoms with van der Waals surface area (Å²) in [6.07, 6.45) is 5.64. The van der Waals surface area contributed by atoms with E-state index in [0.717, 1.165) is 25.0 Å². The van der Waals surface area contributed by atoms with Crippen LogP contribution in [0.4, 0.5) is 0 Å². The molecule has 4 N–H and O–H groups in total. The molecule has 0 unspecified atom stereocenters. The van der Waals surface area contributed by atoms with Crippen molar-refractivity contribution in [1.29, 1.82) is 4.78 Å². The van der Waals surface area contributed by atoms with Crippen molar-refractivity contribution in [3.05, 3.63) is 30.1 Å². The van der Waals surface area contributed by atoms with Gasteiger partial charge in [0, 0.05) is 38.5 Å². The summed E-state index contributed by atoms with van der Waals surface area (Å²) in [7, 11) is -2.80. The highest BCUT2D eigenvalue weighted by Gasteiger charge is 2.40. The van der Waals surface area contributed by atoms with Crippen molar-refractivity contribution in [2.75, 3.05) is 11.5 Å². The zero-order valence-corrected chi connectivity index (χ0v) is 13.3. The predicted molar refractivity (Wildman–Crippen MR) is 85.2 cm³/mol. The van der Waals surface area contributed by atoms with E-state index in [1.807, 2.05) is 18.2 Å². The lowest BCUT2D eigenvalue weighted by Gasteiger charge is -2.41. The number of rotatable bonds is 8. The van der Waals surface area contributed by atoms with Crippen molar-refractivity contribution in [3.8, 4) is 0 Å². The quantitative estimate of drug-likeness (QED) is 0.673. The van der Waals surface area contributed by atoms with Gasteiger partial charge in [-0.1, -0.05) is 12.5 Å². The Hall–Kier alpha value is -1.47. The molecule has 1 fully saturated rings. The van der Waals surface area contributed by atoms with Gasteiger partial charge in [0.2, 0.25) is 0 Å². The van der Waals surface area contributed by atoms with Gasteiger partial charge in [-0.25, -0.2) is 4.21 Å². The van der Waals surface area contributed by atoms with E-state index >= 15 is 0 Å². The summed E-state index contributed by atoms with van der Waals surface area (Å²) >= 11 is 0. The molecule has 1 saturated carbocycles. The number of aliphatic carboxylic acids is 1. The van der Waals surface area contributed by atoms with E-state index in [2.05, 4.69) is 4.98 Å². The van der Waals surface area contributed by atoms with Gasteiger partial charge < -0.3 is 10.8 Å². The second-order valence-electron chi connectivity index (χ2n) is 6.05. The maximum Gasteiger partial charge on any atom is 0.320 e.